The van der Waals surface area contributed by atoms with Gasteiger partial charge in [-0.05, 0) is 11.1 Å². The van der Waals surface area contributed by atoms with Gasteiger partial charge in [-0.25, -0.2) is 0 Å². The minimum Gasteiger partial charge on any atom is -0.480 e. The summed E-state index contributed by atoms with van der Waals surface area (Å²) in [4.78, 5) is 0. The van der Waals surface area contributed by atoms with Crippen LogP contribution in [0.1, 0.15) is 17.2 Å². The molecule has 0 amide bonds. The van der Waals surface area contributed by atoms with Gasteiger partial charge in [-0.2, -0.15) is 0 Å². The first-order valence-electron chi connectivity index (χ1n) is 6.35. The Bertz CT molecular complexity index is 760. The van der Waals surface area contributed by atoms with Crippen LogP contribution < -0.4 is 9.47 Å². The van der Waals surface area contributed by atoms with Crippen LogP contribution in [0.4, 0.5) is 0 Å². The molecular formula is C15H8Cl4O2. The molecule has 2 aromatic rings. The molecule has 0 fully saturated rings. The number of ether oxygens (including phenoxy) is 2. The third-order valence-corrected chi connectivity index (χ3v) is 5.58. The van der Waals surface area contributed by atoms with Crippen LogP contribution in [0.2, 0.25) is 20.1 Å². The van der Waals surface area contributed by atoms with Crippen molar-refractivity contribution in [3.05, 3.63) is 55.5 Å². The summed E-state index contributed by atoms with van der Waals surface area (Å²) in [5.41, 5.74) is 2.30. The average molecular weight is 362 g/mol. The van der Waals surface area contributed by atoms with Crippen LogP contribution in [0, 0.1) is 0 Å². The zero-order chi connectivity index (χ0) is 14.7. The number of hydrogen-bond donors (Lipinski definition) is 0. The molecular weight excluding hydrogens is 354 g/mol. The fourth-order valence-corrected chi connectivity index (χ4v) is 3.75. The summed E-state index contributed by atoms with van der Waals surface area (Å²) < 4.78 is 12.0. The molecule has 0 saturated heterocycles. The molecule has 2 aromatic carbocycles. The van der Waals surface area contributed by atoms with Crippen molar-refractivity contribution in [2.24, 2.45) is 0 Å². The zero-order valence-corrected chi connectivity index (χ0v) is 13.5. The summed E-state index contributed by atoms with van der Waals surface area (Å²) in [5.74, 6) is 0.721. The second kappa shape index (κ2) is 4.85. The van der Waals surface area contributed by atoms with Crippen molar-refractivity contribution in [1.29, 1.82) is 0 Å². The molecule has 0 N–H and O–H groups in total. The van der Waals surface area contributed by atoms with Crippen LogP contribution in [0.3, 0.4) is 0 Å². The second-order valence-electron chi connectivity index (χ2n) is 5.01. The number of fused-ring (bicyclic) bond motifs is 4. The lowest BCUT2D eigenvalue weighted by Gasteiger charge is -2.31. The number of benzene rings is 2. The molecule has 21 heavy (non-hydrogen) atoms. The van der Waals surface area contributed by atoms with Crippen molar-refractivity contribution in [3.8, 4) is 11.5 Å². The number of rotatable bonds is 0. The Morgan fingerprint density at radius 2 is 1.43 bits per heavy atom. The Labute approximate surface area is 141 Å². The predicted octanol–water partition coefficient (Wildman–Crippen LogP) is 5.74. The molecule has 0 saturated carbocycles. The maximum Gasteiger partial charge on any atom is 0.184 e. The van der Waals surface area contributed by atoms with E-state index in [9.17, 15) is 0 Å². The zero-order valence-electron chi connectivity index (χ0n) is 10.5. The van der Waals surface area contributed by atoms with Gasteiger partial charge in [0.15, 0.2) is 17.6 Å². The maximum atomic E-state index is 6.23. The molecule has 2 atom stereocenters. The van der Waals surface area contributed by atoms with E-state index in [4.69, 9.17) is 55.9 Å². The highest BCUT2D eigenvalue weighted by Crippen LogP contribution is 2.55. The van der Waals surface area contributed by atoms with Crippen molar-refractivity contribution in [3.63, 3.8) is 0 Å². The minimum atomic E-state index is -0.209. The van der Waals surface area contributed by atoms with Crippen molar-refractivity contribution < 1.29 is 9.47 Å². The van der Waals surface area contributed by atoms with E-state index in [1.54, 1.807) is 0 Å². The normalized spacial score (nSPS) is 21.9. The van der Waals surface area contributed by atoms with Crippen LogP contribution >= 0.6 is 46.4 Å². The van der Waals surface area contributed by atoms with Crippen LogP contribution in [0.25, 0.3) is 0 Å². The van der Waals surface area contributed by atoms with Gasteiger partial charge in [0.2, 0.25) is 0 Å². The van der Waals surface area contributed by atoms with Crippen molar-refractivity contribution >= 4 is 46.4 Å². The third kappa shape index (κ3) is 1.93. The largest absolute Gasteiger partial charge is 0.480 e. The molecule has 0 aromatic heterocycles. The van der Waals surface area contributed by atoms with E-state index in [1.807, 2.05) is 18.2 Å². The van der Waals surface area contributed by atoms with Gasteiger partial charge in [0.1, 0.15) is 16.1 Å². The van der Waals surface area contributed by atoms with Crippen molar-refractivity contribution in [2.45, 2.75) is 18.6 Å². The monoisotopic (exact) mass is 360 g/mol. The molecule has 1 aliphatic heterocycles. The molecule has 2 nitrogen and oxygen atoms in total. The average Bonchev–Trinajstić information content (AvgIpc) is 2.87. The van der Waals surface area contributed by atoms with Crippen LogP contribution in [0.15, 0.2) is 24.3 Å². The van der Waals surface area contributed by atoms with E-state index >= 15 is 0 Å². The van der Waals surface area contributed by atoms with Crippen molar-refractivity contribution in [2.75, 3.05) is 0 Å². The summed E-state index contributed by atoms with van der Waals surface area (Å²) in [6.45, 7) is 0. The molecule has 0 unspecified atom stereocenters. The van der Waals surface area contributed by atoms with Gasteiger partial charge in [0.05, 0.1) is 10.0 Å². The van der Waals surface area contributed by atoms with Gasteiger partial charge < -0.3 is 9.47 Å². The fraction of sp³-hybridized carbons (Fsp3) is 0.200. The highest BCUT2D eigenvalue weighted by Gasteiger charge is 2.42. The summed E-state index contributed by atoms with van der Waals surface area (Å²) in [7, 11) is 0. The SMILES string of the molecule is Clc1c(Cl)c(Cl)c2c(c1Cl)O[C@@H]1Cc3ccccc3[C@@H]1O2. The van der Waals surface area contributed by atoms with Gasteiger partial charge in [-0.3, -0.25) is 0 Å². The molecule has 0 spiro atoms. The van der Waals surface area contributed by atoms with Gasteiger partial charge in [-0.1, -0.05) is 70.7 Å². The molecule has 6 heteroatoms. The predicted molar refractivity (Wildman–Crippen MR) is 84.4 cm³/mol. The summed E-state index contributed by atoms with van der Waals surface area (Å²) >= 11 is 24.6. The molecule has 4 rings (SSSR count). The molecule has 0 bridgehead atoms. The quantitative estimate of drug-likeness (QED) is 0.440. The van der Waals surface area contributed by atoms with E-state index in [0.29, 0.717) is 11.5 Å². The minimum absolute atomic E-state index is 0.138. The van der Waals surface area contributed by atoms with E-state index in [2.05, 4.69) is 6.07 Å². The summed E-state index contributed by atoms with van der Waals surface area (Å²) in [6, 6.07) is 8.07. The first-order valence-corrected chi connectivity index (χ1v) is 7.86. The lowest BCUT2D eigenvalue weighted by Crippen LogP contribution is -2.30. The lowest BCUT2D eigenvalue weighted by molar-refractivity contribution is 0.0328. The van der Waals surface area contributed by atoms with E-state index < -0.39 is 0 Å². The fourth-order valence-electron chi connectivity index (χ4n) is 2.84. The maximum absolute atomic E-state index is 6.23. The second-order valence-corrected chi connectivity index (χ2v) is 6.52. The van der Waals surface area contributed by atoms with Crippen molar-refractivity contribution in [1.82, 2.24) is 0 Å². The lowest BCUT2D eigenvalue weighted by atomic mass is 10.1. The van der Waals surface area contributed by atoms with E-state index in [1.165, 1.54) is 5.56 Å². The van der Waals surface area contributed by atoms with Gasteiger partial charge >= 0.3 is 0 Å². The van der Waals surface area contributed by atoms with Gasteiger partial charge in [0, 0.05) is 6.42 Å². The Morgan fingerprint density at radius 3 is 2.14 bits per heavy atom. The Hall–Kier alpha value is -0.800. The molecule has 1 heterocycles. The Kier molecular flexibility index (Phi) is 3.20. The van der Waals surface area contributed by atoms with Crippen LogP contribution in [-0.4, -0.2) is 6.10 Å². The first-order chi connectivity index (χ1) is 10.1. The molecule has 0 radical (unpaired) electrons. The van der Waals surface area contributed by atoms with Crippen LogP contribution in [-0.2, 0) is 6.42 Å². The Morgan fingerprint density at radius 1 is 0.810 bits per heavy atom. The standard InChI is InChI=1S/C15H8Cl4O2/c16-9-10(17)12(19)15-14(11(9)18)20-8-5-6-3-1-2-4-7(6)13(8)21-15/h1-4,8,13H,5H2/t8-,13+/m1/s1. The molecule has 108 valence electrons. The highest BCUT2D eigenvalue weighted by atomic mass is 35.5. The number of hydrogen-bond acceptors (Lipinski definition) is 2. The molecule has 1 aliphatic carbocycles. The van der Waals surface area contributed by atoms with Crippen LogP contribution in [0.5, 0.6) is 11.5 Å². The topological polar surface area (TPSA) is 18.5 Å². The summed E-state index contributed by atoms with van der Waals surface area (Å²) in [6.07, 6.45) is 0.411. The highest BCUT2D eigenvalue weighted by molar-refractivity contribution is 6.53. The molecule has 2 aliphatic rings. The van der Waals surface area contributed by atoms with E-state index in [0.717, 1.165) is 12.0 Å². The van der Waals surface area contributed by atoms with E-state index in [-0.39, 0.29) is 32.3 Å². The van der Waals surface area contributed by atoms with Gasteiger partial charge in [0.25, 0.3) is 0 Å². The number of halogens is 4. The van der Waals surface area contributed by atoms with Gasteiger partial charge in [-0.15, -0.1) is 0 Å². The summed E-state index contributed by atoms with van der Waals surface area (Å²) in [5, 5.41) is 0.814. The third-order valence-electron chi connectivity index (χ3n) is 3.82. The smallest absolute Gasteiger partial charge is 0.184 e. The Balaban J connectivity index is 1.86. The first kappa shape index (κ1) is 13.8.